The van der Waals surface area contributed by atoms with Gasteiger partial charge in [-0.15, -0.1) is 0 Å². The third-order valence-corrected chi connectivity index (χ3v) is 7.33. The summed E-state index contributed by atoms with van der Waals surface area (Å²) in [6.45, 7) is 13.7. The van der Waals surface area contributed by atoms with E-state index in [2.05, 4.69) is 50.2 Å². The number of imide groups is 1. The molecule has 1 saturated heterocycles. The number of carbonyl (C=O) groups excluding carboxylic acids is 3. The molecule has 8 nitrogen and oxygen atoms in total. The standard InChI is InChI=1S/C26H40N4O4/c1-6-29(7-2)16-17-34-21-11-9-8-10-20(21)27-22(31)18-30-23(32)26(28-24(30)33)14-12-19(13-15-26)25(3,4)5/h8-11,19H,6-7,12-18H2,1-5H3,(H,27,31)(H,28,33). The first-order valence-corrected chi connectivity index (χ1v) is 12.5. The predicted molar refractivity (Wildman–Crippen MR) is 133 cm³/mol. The van der Waals surface area contributed by atoms with Gasteiger partial charge in [0.1, 0.15) is 24.4 Å². The highest BCUT2D eigenvalue weighted by molar-refractivity contribution is 6.10. The number of nitrogens with zero attached hydrogens (tertiary/aromatic N) is 2. The van der Waals surface area contributed by atoms with Gasteiger partial charge in [0.15, 0.2) is 0 Å². The van der Waals surface area contributed by atoms with Gasteiger partial charge in [0.25, 0.3) is 5.91 Å². The molecule has 1 aromatic rings. The van der Waals surface area contributed by atoms with Crippen LogP contribution in [0.15, 0.2) is 24.3 Å². The number of likely N-dealkylation sites (N-methyl/N-ethyl adjacent to an activating group) is 1. The van der Waals surface area contributed by atoms with Gasteiger partial charge in [-0.2, -0.15) is 0 Å². The van der Waals surface area contributed by atoms with Crippen LogP contribution in [0.4, 0.5) is 10.5 Å². The zero-order valence-electron chi connectivity index (χ0n) is 21.3. The summed E-state index contributed by atoms with van der Waals surface area (Å²) in [6.07, 6.45) is 2.99. The summed E-state index contributed by atoms with van der Waals surface area (Å²) >= 11 is 0. The van der Waals surface area contributed by atoms with E-state index in [0.29, 0.717) is 36.8 Å². The molecular weight excluding hydrogens is 432 g/mol. The number of urea groups is 1. The van der Waals surface area contributed by atoms with Crippen molar-refractivity contribution >= 4 is 23.5 Å². The van der Waals surface area contributed by atoms with Gasteiger partial charge in [-0.05, 0) is 62.2 Å². The summed E-state index contributed by atoms with van der Waals surface area (Å²) in [5.74, 6) is 0.364. The summed E-state index contributed by atoms with van der Waals surface area (Å²) in [5, 5.41) is 5.71. The molecule has 34 heavy (non-hydrogen) atoms. The van der Waals surface area contributed by atoms with Crippen LogP contribution < -0.4 is 15.4 Å². The van der Waals surface area contributed by atoms with E-state index in [9.17, 15) is 14.4 Å². The second-order valence-corrected chi connectivity index (χ2v) is 10.5. The smallest absolute Gasteiger partial charge is 0.325 e. The van der Waals surface area contributed by atoms with E-state index in [0.717, 1.165) is 37.4 Å². The van der Waals surface area contributed by atoms with Gasteiger partial charge in [0.2, 0.25) is 5.91 Å². The molecule has 1 aliphatic heterocycles. The number of para-hydroxylation sites is 2. The number of ether oxygens (including phenoxy) is 1. The average molecular weight is 473 g/mol. The molecule has 1 spiro atoms. The number of hydrogen-bond acceptors (Lipinski definition) is 5. The molecule has 2 fully saturated rings. The van der Waals surface area contributed by atoms with Crippen LogP contribution in [0.1, 0.15) is 60.3 Å². The minimum Gasteiger partial charge on any atom is -0.490 e. The van der Waals surface area contributed by atoms with Gasteiger partial charge < -0.3 is 20.3 Å². The van der Waals surface area contributed by atoms with E-state index >= 15 is 0 Å². The monoisotopic (exact) mass is 472 g/mol. The van der Waals surface area contributed by atoms with Crippen molar-refractivity contribution in [2.45, 2.75) is 65.8 Å². The Morgan fingerprint density at radius 2 is 1.82 bits per heavy atom. The van der Waals surface area contributed by atoms with Gasteiger partial charge >= 0.3 is 6.03 Å². The third kappa shape index (κ3) is 5.90. The number of amides is 4. The summed E-state index contributed by atoms with van der Waals surface area (Å²) < 4.78 is 5.90. The molecule has 1 saturated carbocycles. The highest BCUT2D eigenvalue weighted by Gasteiger charge is 2.53. The maximum atomic E-state index is 13.2. The lowest BCUT2D eigenvalue weighted by molar-refractivity contribution is -0.135. The Hall–Kier alpha value is -2.61. The first kappa shape index (κ1) is 26.0. The van der Waals surface area contributed by atoms with Crippen molar-refractivity contribution in [1.29, 1.82) is 0 Å². The van der Waals surface area contributed by atoms with Gasteiger partial charge in [-0.1, -0.05) is 46.8 Å². The Balaban J connectivity index is 1.58. The second kappa shape index (κ2) is 10.8. The lowest BCUT2D eigenvalue weighted by Gasteiger charge is -2.40. The summed E-state index contributed by atoms with van der Waals surface area (Å²) in [4.78, 5) is 41.9. The van der Waals surface area contributed by atoms with Crippen LogP contribution in [0.3, 0.4) is 0 Å². The molecule has 3 rings (SSSR count). The zero-order chi connectivity index (χ0) is 24.9. The van der Waals surface area contributed by atoms with Gasteiger partial charge in [0, 0.05) is 6.54 Å². The summed E-state index contributed by atoms with van der Waals surface area (Å²) in [5.41, 5.74) is -0.169. The SMILES string of the molecule is CCN(CC)CCOc1ccccc1NC(=O)CN1C(=O)NC2(CCC(C(C)(C)C)CC2)C1=O. The van der Waals surface area contributed by atoms with Gasteiger partial charge in [-0.3, -0.25) is 14.5 Å². The first-order valence-electron chi connectivity index (χ1n) is 12.5. The Labute approximate surface area is 203 Å². The van der Waals surface area contributed by atoms with Gasteiger partial charge in [-0.25, -0.2) is 4.79 Å². The van der Waals surface area contributed by atoms with E-state index in [-0.39, 0.29) is 17.9 Å². The molecule has 1 aromatic carbocycles. The van der Waals surface area contributed by atoms with E-state index in [4.69, 9.17) is 4.74 Å². The minimum absolute atomic E-state index is 0.174. The lowest BCUT2D eigenvalue weighted by atomic mass is 9.67. The highest BCUT2D eigenvalue weighted by atomic mass is 16.5. The number of benzene rings is 1. The molecule has 0 aromatic heterocycles. The molecule has 1 aliphatic carbocycles. The van der Waals surface area contributed by atoms with Crippen LogP contribution in [-0.2, 0) is 9.59 Å². The maximum absolute atomic E-state index is 13.2. The van der Waals surface area contributed by atoms with E-state index in [1.165, 1.54) is 0 Å². The van der Waals surface area contributed by atoms with E-state index in [1.54, 1.807) is 12.1 Å². The Kier molecular flexibility index (Phi) is 8.23. The molecule has 188 valence electrons. The minimum atomic E-state index is -0.870. The fourth-order valence-electron chi connectivity index (χ4n) is 4.99. The van der Waals surface area contributed by atoms with Crippen LogP contribution in [0.5, 0.6) is 5.75 Å². The molecular formula is C26H40N4O4. The number of hydrogen-bond donors (Lipinski definition) is 2. The zero-order valence-corrected chi connectivity index (χ0v) is 21.3. The first-order chi connectivity index (χ1) is 16.1. The molecule has 4 amide bonds. The topological polar surface area (TPSA) is 91.0 Å². The van der Waals surface area contributed by atoms with E-state index in [1.807, 2.05) is 12.1 Å². The van der Waals surface area contributed by atoms with Crippen molar-refractivity contribution in [3.8, 4) is 5.75 Å². The number of nitrogens with one attached hydrogen (secondary N) is 2. The van der Waals surface area contributed by atoms with Crippen LogP contribution in [0.25, 0.3) is 0 Å². The summed E-state index contributed by atoms with van der Waals surface area (Å²) in [7, 11) is 0. The highest BCUT2D eigenvalue weighted by Crippen LogP contribution is 2.43. The average Bonchev–Trinajstić information content (AvgIpc) is 3.01. The number of rotatable bonds is 9. The molecule has 1 heterocycles. The van der Waals surface area contributed by atoms with Crippen molar-refractivity contribution in [3.63, 3.8) is 0 Å². The number of carbonyl (C=O) groups is 3. The molecule has 2 N–H and O–H groups in total. The van der Waals surface area contributed by atoms with Crippen LogP contribution in [-0.4, -0.2) is 66.0 Å². The van der Waals surface area contributed by atoms with Crippen LogP contribution in [0, 0.1) is 11.3 Å². The predicted octanol–water partition coefficient (Wildman–Crippen LogP) is 3.87. The van der Waals surface area contributed by atoms with Crippen molar-refractivity contribution in [1.82, 2.24) is 15.1 Å². The Morgan fingerprint density at radius 1 is 1.18 bits per heavy atom. The fraction of sp³-hybridized carbons (Fsp3) is 0.654. The molecule has 0 radical (unpaired) electrons. The second-order valence-electron chi connectivity index (χ2n) is 10.5. The lowest BCUT2D eigenvalue weighted by Crippen LogP contribution is -2.51. The van der Waals surface area contributed by atoms with Crippen molar-refractivity contribution in [2.75, 3.05) is 38.1 Å². The van der Waals surface area contributed by atoms with Crippen molar-refractivity contribution in [3.05, 3.63) is 24.3 Å². The third-order valence-electron chi connectivity index (χ3n) is 7.33. The largest absolute Gasteiger partial charge is 0.490 e. The Bertz CT molecular complexity index is 883. The van der Waals surface area contributed by atoms with E-state index < -0.39 is 17.5 Å². The Morgan fingerprint density at radius 3 is 2.44 bits per heavy atom. The number of anilines is 1. The fourth-order valence-corrected chi connectivity index (χ4v) is 4.99. The summed E-state index contributed by atoms with van der Waals surface area (Å²) in [6, 6.07) is 6.72. The molecule has 0 atom stereocenters. The molecule has 0 unspecified atom stereocenters. The molecule has 8 heteroatoms. The van der Waals surface area contributed by atoms with Crippen molar-refractivity contribution < 1.29 is 19.1 Å². The molecule has 2 aliphatic rings. The normalized spacial score (nSPS) is 22.9. The maximum Gasteiger partial charge on any atom is 0.325 e. The van der Waals surface area contributed by atoms with Gasteiger partial charge in [0.05, 0.1) is 5.69 Å². The van der Waals surface area contributed by atoms with Crippen LogP contribution in [0.2, 0.25) is 0 Å². The molecule has 0 bridgehead atoms. The quantitative estimate of drug-likeness (QED) is 0.533. The van der Waals surface area contributed by atoms with Crippen molar-refractivity contribution in [2.24, 2.45) is 11.3 Å². The van der Waals surface area contributed by atoms with Crippen LogP contribution >= 0.6 is 0 Å².